The summed E-state index contributed by atoms with van der Waals surface area (Å²) in [6.07, 6.45) is 0.467. The van der Waals surface area contributed by atoms with Crippen molar-refractivity contribution in [2.24, 2.45) is 11.5 Å². The lowest BCUT2D eigenvalue weighted by molar-refractivity contribution is -0.134. The standard InChI is InChI=1S/C17H24N4O3/c1-10(22)20-17(15(24)21-16(2,3)14(19)23)8-13(17)12-6-4-11(9-18)5-7-12/h4-7,13H,8-9,18H2,1-3H3,(H2,19,23)(H,20,22)(H,21,24). The van der Waals surface area contributed by atoms with Crippen LogP contribution < -0.4 is 22.1 Å². The first-order chi connectivity index (χ1) is 11.1. The van der Waals surface area contributed by atoms with Crippen molar-refractivity contribution in [2.75, 3.05) is 0 Å². The fraction of sp³-hybridized carbons (Fsp3) is 0.471. The summed E-state index contributed by atoms with van der Waals surface area (Å²) in [5.74, 6) is -1.51. The minimum atomic E-state index is -1.20. The Hall–Kier alpha value is -2.41. The first kappa shape index (κ1) is 17.9. The number of primary amides is 1. The van der Waals surface area contributed by atoms with Gasteiger partial charge in [0.2, 0.25) is 17.7 Å². The van der Waals surface area contributed by atoms with Gasteiger partial charge in [0.15, 0.2) is 0 Å². The van der Waals surface area contributed by atoms with E-state index in [1.54, 1.807) is 0 Å². The van der Waals surface area contributed by atoms with Gasteiger partial charge in [-0.25, -0.2) is 0 Å². The molecule has 2 rings (SSSR count). The highest BCUT2D eigenvalue weighted by atomic mass is 16.2. The summed E-state index contributed by atoms with van der Waals surface area (Å²) in [6, 6.07) is 7.61. The molecule has 0 heterocycles. The molecule has 3 amide bonds. The van der Waals surface area contributed by atoms with Gasteiger partial charge in [-0.2, -0.15) is 0 Å². The molecule has 7 heteroatoms. The predicted molar refractivity (Wildman–Crippen MR) is 89.7 cm³/mol. The molecule has 2 atom stereocenters. The quantitative estimate of drug-likeness (QED) is 0.579. The molecule has 0 radical (unpaired) electrons. The highest BCUT2D eigenvalue weighted by Crippen LogP contribution is 2.51. The normalized spacial score (nSPS) is 22.6. The number of hydrogen-bond donors (Lipinski definition) is 4. The van der Waals surface area contributed by atoms with Gasteiger partial charge in [-0.3, -0.25) is 14.4 Å². The second-order valence-electron chi connectivity index (χ2n) is 6.80. The number of nitrogens with one attached hydrogen (secondary N) is 2. The number of rotatable bonds is 6. The van der Waals surface area contributed by atoms with Gasteiger partial charge in [0, 0.05) is 19.4 Å². The molecular formula is C17H24N4O3. The van der Waals surface area contributed by atoms with Crippen molar-refractivity contribution in [2.45, 2.75) is 50.7 Å². The minimum Gasteiger partial charge on any atom is -0.368 e. The Morgan fingerprint density at radius 1 is 1.25 bits per heavy atom. The zero-order valence-electron chi connectivity index (χ0n) is 14.2. The topological polar surface area (TPSA) is 127 Å². The summed E-state index contributed by atoms with van der Waals surface area (Å²) in [6.45, 7) is 4.86. The maximum atomic E-state index is 12.7. The summed E-state index contributed by atoms with van der Waals surface area (Å²) in [5, 5.41) is 5.38. The summed E-state index contributed by atoms with van der Waals surface area (Å²) < 4.78 is 0. The van der Waals surface area contributed by atoms with Gasteiger partial charge < -0.3 is 22.1 Å². The fourth-order valence-electron chi connectivity index (χ4n) is 2.77. The summed E-state index contributed by atoms with van der Waals surface area (Å²) in [7, 11) is 0. The zero-order chi connectivity index (χ0) is 18.1. The molecule has 6 N–H and O–H groups in total. The van der Waals surface area contributed by atoms with E-state index in [9.17, 15) is 14.4 Å². The van der Waals surface area contributed by atoms with E-state index in [0.717, 1.165) is 11.1 Å². The minimum absolute atomic E-state index is 0.156. The molecule has 1 aliphatic rings. The number of benzene rings is 1. The summed E-state index contributed by atoms with van der Waals surface area (Å²) in [4.78, 5) is 35.8. The summed E-state index contributed by atoms with van der Waals surface area (Å²) in [5.41, 5.74) is 10.6. The number of nitrogens with two attached hydrogens (primary N) is 2. The van der Waals surface area contributed by atoms with Gasteiger partial charge in [0.1, 0.15) is 11.1 Å². The monoisotopic (exact) mass is 332 g/mol. The Morgan fingerprint density at radius 3 is 2.29 bits per heavy atom. The molecule has 0 aliphatic heterocycles. The number of hydrogen-bond acceptors (Lipinski definition) is 4. The number of carbonyl (C=O) groups excluding carboxylic acids is 3. The molecule has 1 fully saturated rings. The Kier molecular flexibility index (Phi) is 4.66. The van der Waals surface area contributed by atoms with Crippen molar-refractivity contribution in [3.63, 3.8) is 0 Å². The van der Waals surface area contributed by atoms with Gasteiger partial charge in [-0.05, 0) is 31.4 Å². The van der Waals surface area contributed by atoms with E-state index >= 15 is 0 Å². The van der Waals surface area contributed by atoms with Gasteiger partial charge in [0.25, 0.3) is 0 Å². The van der Waals surface area contributed by atoms with E-state index in [0.29, 0.717) is 13.0 Å². The van der Waals surface area contributed by atoms with Gasteiger partial charge >= 0.3 is 0 Å². The van der Waals surface area contributed by atoms with Crippen LogP contribution in [-0.2, 0) is 20.9 Å². The van der Waals surface area contributed by atoms with Crippen LogP contribution in [0.15, 0.2) is 24.3 Å². The third-order valence-electron chi connectivity index (χ3n) is 4.42. The van der Waals surface area contributed by atoms with Crippen LogP contribution in [0.5, 0.6) is 0 Å². The Balaban J connectivity index is 2.24. The second kappa shape index (κ2) is 6.24. The van der Waals surface area contributed by atoms with Crippen LogP contribution in [0.25, 0.3) is 0 Å². The Labute approximate surface area is 141 Å². The van der Waals surface area contributed by atoms with Crippen molar-refractivity contribution < 1.29 is 14.4 Å². The van der Waals surface area contributed by atoms with Crippen molar-refractivity contribution in [3.05, 3.63) is 35.4 Å². The van der Waals surface area contributed by atoms with E-state index in [1.807, 2.05) is 24.3 Å². The van der Waals surface area contributed by atoms with E-state index < -0.39 is 22.9 Å². The molecule has 130 valence electrons. The van der Waals surface area contributed by atoms with Gasteiger partial charge in [0.05, 0.1) is 0 Å². The maximum Gasteiger partial charge on any atom is 0.247 e. The molecule has 2 unspecified atom stereocenters. The average molecular weight is 332 g/mol. The highest BCUT2D eigenvalue weighted by Gasteiger charge is 2.62. The van der Waals surface area contributed by atoms with Crippen molar-refractivity contribution in [1.82, 2.24) is 10.6 Å². The molecular weight excluding hydrogens is 308 g/mol. The third kappa shape index (κ3) is 3.41. The maximum absolute atomic E-state index is 12.7. The molecule has 1 aromatic rings. The van der Waals surface area contributed by atoms with Gasteiger partial charge in [-0.1, -0.05) is 24.3 Å². The van der Waals surface area contributed by atoms with E-state index in [-0.39, 0.29) is 11.8 Å². The number of amides is 3. The molecule has 1 saturated carbocycles. The third-order valence-corrected chi connectivity index (χ3v) is 4.42. The van der Waals surface area contributed by atoms with Crippen LogP contribution in [0, 0.1) is 0 Å². The van der Waals surface area contributed by atoms with Crippen LogP contribution in [-0.4, -0.2) is 28.8 Å². The van der Waals surface area contributed by atoms with E-state index in [2.05, 4.69) is 10.6 Å². The highest BCUT2D eigenvalue weighted by molar-refractivity contribution is 5.99. The zero-order valence-corrected chi connectivity index (χ0v) is 14.2. The van der Waals surface area contributed by atoms with Crippen molar-refractivity contribution in [3.8, 4) is 0 Å². The van der Waals surface area contributed by atoms with Crippen LogP contribution in [0.2, 0.25) is 0 Å². The molecule has 7 nitrogen and oxygen atoms in total. The molecule has 0 aromatic heterocycles. The van der Waals surface area contributed by atoms with Crippen LogP contribution in [0.3, 0.4) is 0 Å². The molecule has 1 aromatic carbocycles. The van der Waals surface area contributed by atoms with E-state index in [1.165, 1.54) is 20.8 Å². The van der Waals surface area contributed by atoms with Crippen LogP contribution in [0.1, 0.15) is 44.2 Å². The first-order valence-corrected chi connectivity index (χ1v) is 7.82. The Bertz CT molecular complexity index is 669. The lowest BCUT2D eigenvalue weighted by atomic mass is 10.0. The van der Waals surface area contributed by atoms with Crippen molar-refractivity contribution >= 4 is 17.7 Å². The van der Waals surface area contributed by atoms with Crippen LogP contribution in [0.4, 0.5) is 0 Å². The lowest BCUT2D eigenvalue weighted by Gasteiger charge is -2.27. The van der Waals surface area contributed by atoms with E-state index in [4.69, 9.17) is 11.5 Å². The molecule has 0 bridgehead atoms. The lowest BCUT2D eigenvalue weighted by Crippen LogP contribution is -2.59. The summed E-state index contributed by atoms with van der Waals surface area (Å²) >= 11 is 0. The predicted octanol–water partition coefficient (Wildman–Crippen LogP) is -0.112. The smallest absolute Gasteiger partial charge is 0.247 e. The second-order valence-corrected chi connectivity index (χ2v) is 6.80. The molecule has 0 saturated heterocycles. The molecule has 24 heavy (non-hydrogen) atoms. The SMILES string of the molecule is CC(=O)NC1(C(=O)NC(C)(C)C(N)=O)CC1c1ccc(CN)cc1. The average Bonchev–Trinajstić information content (AvgIpc) is 3.21. The Morgan fingerprint density at radius 2 is 1.83 bits per heavy atom. The molecule has 1 aliphatic carbocycles. The van der Waals surface area contributed by atoms with Gasteiger partial charge in [-0.15, -0.1) is 0 Å². The molecule has 0 spiro atoms. The van der Waals surface area contributed by atoms with Crippen LogP contribution >= 0.6 is 0 Å². The first-order valence-electron chi connectivity index (χ1n) is 7.82. The largest absolute Gasteiger partial charge is 0.368 e. The van der Waals surface area contributed by atoms with Crippen molar-refractivity contribution in [1.29, 1.82) is 0 Å². The number of carbonyl (C=O) groups is 3. The fourth-order valence-corrected chi connectivity index (χ4v) is 2.77.